The minimum absolute atomic E-state index is 0.305. The molecule has 3 rings (SSSR count). The minimum atomic E-state index is -0.760. The summed E-state index contributed by atoms with van der Waals surface area (Å²) >= 11 is 0. The summed E-state index contributed by atoms with van der Waals surface area (Å²) in [5.74, 6) is -0.183. The van der Waals surface area contributed by atoms with Crippen LogP contribution in [0.4, 0.5) is 0 Å². The topological polar surface area (TPSA) is 98.7 Å². The molecule has 8 heteroatoms. The van der Waals surface area contributed by atoms with Crippen LogP contribution in [0.2, 0.25) is 0 Å². The molecule has 2 aromatic heterocycles. The number of nitrogens with zero attached hydrogens (tertiary/aromatic N) is 6. The lowest BCUT2D eigenvalue weighted by Gasteiger charge is -2.23. The van der Waals surface area contributed by atoms with Crippen molar-refractivity contribution in [1.82, 2.24) is 30.0 Å². The maximum absolute atomic E-state index is 11.7. The molecule has 2 heterocycles. The first kappa shape index (κ1) is 13.7. The quantitative estimate of drug-likeness (QED) is 0.902. The molecule has 8 nitrogen and oxygen atoms in total. The van der Waals surface area contributed by atoms with Crippen LogP contribution in [0.15, 0.2) is 6.20 Å². The molecule has 1 aliphatic carbocycles. The Kier molecular flexibility index (Phi) is 3.23. The van der Waals surface area contributed by atoms with Gasteiger partial charge in [-0.3, -0.25) is 9.48 Å². The molecule has 0 amide bonds. The molecular formula is C13H18N6O2. The molecule has 21 heavy (non-hydrogen) atoms. The van der Waals surface area contributed by atoms with Gasteiger partial charge in [0.05, 0.1) is 23.7 Å². The molecule has 1 aliphatic rings. The lowest BCUT2D eigenvalue weighted by atomic mass is 9.86. The Morgan fingerprint density at radius 2 is 2.14 bits per heavy atom. The highest BCUT2D eigenvalue weighted by molar-refractivity contribution is 5.75. The van der Waals surface area contributed by atoms with Crippen molar-refractivity contribution in [1.29, 1.82) is 0 Å². The molecule has 112 valence electrons. The molecule has 0 atom stereocenters. The fourth-order valence-electron chi connectivity index (χ4n) is 3.00. The van der Waals surface area contributed by atoms with E-state index < -0.39 is 11.4 Å². The second-order valence-electron chi connectivity index (χ2n) is 5.72. The Bertz CT molecular complexity index is 668. The number of rotatable bonds is 4. The van der Waals surface area contributed by atoms with Crippen molar-refractivity contribution in [2.75, 3.05) is 0 Å². The zero-order valence-electron chi connectivity index (χ0n) is 12.2. The molecular weight excluding hydrogens is 272 g/mol. The number of tetrazole rings is 1. The van der Waals surface area contributed by atoms with Gasteiger partial charge in [0.1, 0.15) is 0 Å². The van der Waals surface area contributed by atoms with Crippen LogP contribution in [0.5, 0.6) is 0 Å². The van der Waals surface area contributed by atoms with Gasteiger partial charge in [0.15, 0.2) is 5.82 Å². The average molecular weight is 290 g/mol. The lowest BCUT2D eigenvalue weighted by Crippen LogP contribution is -2.33. The van der Waals surface area contributed by atoms with Crippen molar-refractivity contribution in [2.24, 2.45) is 12.5 Å². The normalized spacial score (nSPS) is 17.2. The number of carboxylic acid groups (broad SMARTS) is 1. The molecule has 0 bridgehead atoms. The van der Waals surface area contributed by atoms with E-state index in [1.54, 1.807) is 15.6 Å². The molecule has 2 aromatic rings. The van der Waals surface area contributed by atoms with E-state index in [4.69, 9.17) is 0 Å². The predicted molar refractivity (Wildman–Crippen MR) is 73.3 cm³/mol. The summed E-state index contributed by atoms with van der Waals surface area (Å²) in [6.45, 7) is 2.24. The Hall–Kier alpha value is -2.25. The zero-order valence-corrected chi connectivity index (χ0v) is 12.2. The maximum Gasteiger partial charge on any atom is 0.311 e. The van der Waals surface area contributed by atoms with Gasteiger partial charge in [-0.1, -0.05) is 12.8 Å². The molecule has 0 aliphatic heterocycles. The maximum atomic E-state index is 11.7. The van der Waals surface area contributed by atoms with Crippen LogP contribution >= 0.6 is 0 Å². The third-order valence-electron chi connectivity index (χ3n) is 4.47. The van der Waals surface area contributed by atoms with E-state index in [1.165, 1.54) is 0 Å². The first-order valence-electron chi connectivity index (χ1n) is 7.02. The molecule has 1 N–H and O–H groups in total. The van der Waals surface area contributed by atoms with Crippen molar-refractivity contribution in [3.63, 3.8) is 0 Å². The fourth-order valence-corrected chi connectivity index (χ4v) is 3.00. The molecule has 0 aromatic carbocycles. The lowest BCUT2D eigenvalue weighted by molar-refractivity contribution is -0.149. The number of carboxylic acids is 1. The van der Waals surface area contributed by atoms with E-state index in [2.05, 4.69) is 20.6 Å². The molecule has 0 unspecified atom stereocenters. The Morgan fingerprint density at radius 3 is 2.71 bits per heavy atom. The molecule has 1 saturated carbocycles. The Morgan fingerprint density at radius 1 is 1.43 bits per heavy atom. The van der Waals surface area contributed by atoms with Crippen molar-refractivity contribution in [3.05, 3.63) is 11.9 Å². The number of aliphatic carboxylic acids is 1. The van der Waals surface area contributed by atoms with Gasteiger partial charge in [0.25, 0.3) is 0 Å². The summed E-state index contributed by atoms with van der Waals surface area (Å²) in [5.41, 5.74) is 1.03. The highest BCUT2D eigenvalue weighted by Crippen LogP contribution is 2.40. The third-order valence-corrected chi connectivity index (χ3v) is 4.47. The predicted octanol–water partition coefficient (Wildman–Crippen LogP) is 1.03. The van der Waals surface area contributed by atoms with Crippen molar-refractivity contribution < 1.29 is 9.90 Å². The molecule has 0 radical (unpaired) electrons. The smallest absolute Gasteiger partial charge is 0.311 e. The van der Waals surface area contributed by atoms with Gasteiger partial charge in [0.2, 0.25) is 0 Å². The number of carbonyl (C=O) groups is 1. The van der Waals surface area contributed by atoms with Crippen LogP contribution in [0.3, 0.4) is 0 Å². The number of aryl methyl sites for hydroxylation is 1. The van der Waals surface area contributed by atoms with Gasteiger partial charge in [-0.15, -0.1) is 5.10 Å². The number of hydrogen-bond donors (Lipinski definition) is 1. The number of aromatic nitrogens is 6. The molecule has 1 fully saturated rings. The van der Waals surface area contributed by atoms with Crippen LogP contribution in [-0.4, -0.2) is 41.1 Å². The van der Waals surface area contributed by atoms with E-state index >= 15 is 0 Å². The van der Waals surface area contributed by atoms with Gasteiger partial charge >= 0.3 is 5.97 Å². The van der Waals surface area contributed by atoms with E-state index in [9.17, 15) is 9.90 Å². The summed E-state index contributed by atoms with van der Waals surface area (Å²) in [5, 5.41) is 25.5. The van der Waals surface area contributed by atoms with Crippen LogP contribution < -0.4 is 0 Å². The summed E-state index contributed by atoms with van der Waals surface area (Å²) < 4.78 is 3.35. The highest BCUT2D eigenvalue weighted by atomic mass is 16.4. The Labute approximate surface area is 121 Å². The minimum Gasteiger partial charge on any atom is -0.481 e. The van der Waals surface area contributed by atoms with Gasteiger partial charge in [-0.2, -0.15) is 5.10 Å². The summed E-state index contributed by atoms with van der Waals surface area (Å²) in [7, 11) is 1.85. The van der Waals surface area contributed by atoms with Gasteiger partial charge < -0.3 is 5.11 Å². The SMILES string of the molecule is Cc1c(-c2nnnn2CC2(C(=O)O)CCCC2)cnn1C. The highest BCUT2D eigenvalue weighted by Gasteiger charge is 2.42. The van der Waals surface area contributed by atoms with Crippen LogP contribution in [0.1, 0.15) is 31.4 Å². The standard InChI is InChI=1S/C13H18N6O2/c1-9-10(7-14-18(9)2)11-15-16-17-19(11)8-13(12(20)21)5-3-4-6-13/h7H,3-6,8H2,1-2H3,(H,20,21). The van der Waals surface area contributed by atoms with E-state index in [-0.39, 0.29) is 0 Å². The summed E-state index contributed by atoms with van der Waals surface area (Å²) in [6, 6.07) is 0. The van der Waals surface area contributed by atoms with E-state index in [0.29, 0.717) is 25.2 Å². The van der Waals surface area contributed by atoms with Crippen LogP contribution in [0, 0.1) is 12.3 Å². The van der Waals surface area contributed by atoms with E-state index in [1.807, 2.05) is 14.0 Å². The largest absolute Gasteiger partial charge is 0.481 e. The molecule has 0 spiro atoms. The molecule has 0 saturated heterocycles. The van der Waals surface area contributed by atoms with Crippen LogP contribution in [0.25, 0.3) is 11.4 Å². The fraction of sp³-hybridized carbons (Fsp3) is 0.615. The summed E-state index contributed by atoms with van der Waals surface area (Å²) in [4.78, 5) is 11.7. The second kappa shape index (κ2) is 4.94. The third kappa shape index (κ3) is 2.20. The average Bonchev–Trinajstić information content (AvgIpc) is 3.15. The Balaban J connectivity index is 1.96. The van der Waals surface area contributed by atoms with Gasteiger partial charge in [-0.25, -0.2) is 4.68 Å². The summed E-state index contributed by atoms with van der Waals surface area (Å²) in [6.07, 6.45) is 4.94. The zero-order chi connectivity index (χ0) is 15.0. The van der Waals surface area contributed by atoms with E-state index in [0.717, 1.165) is 24.1 Å². The number of hydrogen-bond acceptors (Lipinski definition) is 5. The van der Waals surface area contributed by atoms with Crippen LogP contribution in [-0.2, 0) is 18.4 Å². The van der Waals surface area contributed by atoms with Gasteiger partial charge in [0, 0.05) is 12.7 Å². The second-order valence-corrected chi connectivity index (χ2v) is 5.72. The van der Waals surface area contributed by atoms with Crippen molar-refractivity contribution in [3.8, 4) is 11.4 Å². The van der Waals surface area contributed by atoms with Crippen molar-refractivity contribution in [2.45, 2.75) is 39.2 Å². The monoisotopic (exact) mass is 290 g/mol. The van der Waals surface area contributed by atoms with Gasteiger partial charge in [-0.05, 0) is 30.2 Å². The first-order chi connectivity index (χ1) is 10.0. The first-order valence-corrected chi connectivity index (χ1v) is 7.02. The van der Waals surface area contributed by atoms with Crippen molar-refractivity contribution >= 4 is 5.97 Å².